The standard InChI is InChI=1S/C26H28Cl2N4O/c1-4-22(25(30-3)32-24-14-6-5-10-18(24)2)23(28)13-7-8-15-31-26(33)19-11-9-12-21(29)17-20(27)16-19/h4-6,8-11,13-15,17H,7,16,29H2,1-3H3,(H,30,32)(H,31,33)/b15-8+,19-11+,20-17+,22-4+,23-13-. The quantitative estimate of drug-likeness (QED) is 0.193. The molecule has 4 N–H and O–H groups in total. The number of aliphatic imine (C=N–C) groups is 1. The number of anilines is 1. The lowest BCUT2D eigenvalue weighted by Crippen LogP contribution is -2.19. The second-order valence-corrected chi connectivity index (χ2v) is 8.00. The van der Waals surface area contributed by atoms with Crippen LogP contribution in [0.2, 0.25) is 0 Å². The third-order valence-electron chi connectivity index (χ3n) is 4.69. The van der Waals surface area contributed by atoms with Crippen molar-refractivity contribution in [3.8, 4) is 0 Å². The molecule has 0 fully saturated rings. The number of nitrogens with two attached hydrogens (primary N) is 1. The van der Waals surface area contributed by atoms with E-state index in [0.29, 0.717) is 40.0 Å². The Hall–Kier alpha value is -3.24. The van der Waals surface area contributed by atoms with Crippen molar-refractivity contribution in [3.05, 3.63) is 105 Å². The maximum Gasteiger partial charge on any atom is 0.251 e. The number of benzene rings is 1. The first-order valence-electron chi connectivity index (χ1n) is 10.4. The summed E-state index contributed by atoms with van der Waals surface area (Å²) in [6, 6.07) is 7.97. The number of halogens is 2. The summed E-state index contributed by atoms with van der Waals surface area (Å²) in [4.78, 5) is 16.8. The Kier molecular flexibility index (Phi) is 10.5. The van der Waals surface area contributed by atoms with Crippen molar-refractivity contribution in [2.24, 2.45) is 10.7 Å². The van der Waals surface area contributed by atoms with Gasteiger partial charge in [-0.05, 0) is 50.1 Å². The summed E-state index contributed by atoms with van der Waals surface area (Å²) in [6.07, 6.45) is 12.8. The van der Waals surface area contributed by atoms with Gasteiger partial charge in [0.2, 0.25) is 0 Å². The molecule has 2 rings (SSSR count). The Bertz CT molecular complexity index is 1130. The largest absolute Gasteiger partial charge is 0.392 e. The van der Waals surface area contributed by atoms with Crippen LogP contribution in [0.5, 0.6) is 0 Å². The molecule has 0 saturated carbocycles. The summed E-state index contributed by atoms with van der Waals surface area (Å²) in [5.74, 6) is 0.428. The molecule has 0 atom stereocenters. The molecule has 0 saturated heterocycles. The molecule has 5 nitrogen and oxygen atoms in total. The molecular formula is C26H28Cl2N4O. The van der Waals surface area contributed by atoms with Crippen LogP contribution in [0, 0.1) is 6.92 Å². The number of nitrogens with one attached hydrogen (secondary N) is 2. The van der Waals surface area contributed by atoms with Gasteiger partial charge in [0.1, 0.15) is 5.84 Å². The van der Waals surface area contributed by atoms with Crippen molar-refractivity contribution in [2.75, 3.05) is 12.4 Å². The molecule has 1 aliphatic carbocycles. The van der Waals surface area contributed by atoms with E-state index in [1.165, 1.54) is 0 Å². The summed E-state index contributed by atoms with van der Waals surface area (Å²) in [7, 11) is 1.72. The molecule has 33 heavy (non-hydrogen) atoms. The average Bonchev–Trinajstić information content (AvgIpc) is 2.77. The van der Waals surface area contributed by atoms with E-state index in [-0.39, 0.29) is 5.91 Å². The third-order valence-corrected chi connectivity index (χ3v) is 5.29. The minimum atomic E-state index is -0.247. The lowest BCUT2D eigenvalue weighted by molar-refractivity contribution is -0.116. The normalized spacial score (nSPS) is 18.6. The minimum absolute atomic E-state index is 0.247. The van der Waals surface area contributed by atoms with Crippen molar-refractivity contribution in [1.29, 1.82) is 0 Å². The number of carbonyl (C=O) groups is 1. The van der Waals surface area contributed by atoms with Gasteiger partial charge < -0.3 is 16.4 Å². The maximum atomic E-state index is 12.4. The van der Waals surface area contributed by atoms with Crippen molar-refractivity contribution in [3.63, 3.8) is 0 Å². The molecule has 172 valence electrons. The highest BCUT2D eigenvalue weighted by atomic mass is 35.5. The van der Waals surface area contributed by atoms with Crippen LogP contribution in [0.15, 0.2) is 105 Å². The number of nitrogens with zero attached hydrogens (tertiary/aromatic N) is 1. The lowest BCUT2D eigenvalue weighted by Gasteiger charge is -2.14. The van der Waals surface area contributed by atoms with Crippen LogP contribution in [0.3, 0.4) is 0 Å². The van der Waals surface area contributed by atoms with Gasteiger partial charge >= 0.3 is 0 Å². The van der Waals surface area contributed by atoms with Crippen molar-refractivity contribution < 1.29 is 4.79 Å². The summed E-state index contributed by atoms with van der Waals surface area (Å²) < 4.78 is 0. The summed E-state index contributed by atoms with van der Waals surface area (Å²) >= 11 is 12.7. The van der Waals surface area contributed by atoms with Crippen LogP contribution in [0.25, 0.3) is 0 Å². The van der Waals surface area contributed by atoms with E-state index in [9.17, 15) is 4.79 Å². The van der Waals surface area contributed by atoms with Crippen LogP contribution < -0.4 is 16.4 Å². The number of allylic oxidation sites excluding steroid dienone is 6. The lowest BCUT2D eigenvalue weighted by atomic mass is 10.1. The molecule has 0 bridgehead atoms. The van der Waals surface area contributed by atoms with Crippen LogP contribution in [-0.4, -0.2) is 18.8 Å². The predicted molar refractivity (Wildman–Crippen MR) is 140 cm³/mol. The molecule has 1 amide bonds. The van der Waals surface area contributed by atoms with E-state index < -0.39 is 0 Å². The highest BCUT2D eigenvalue weighted by Crippen LogP contribution is 2.21. The maximum absolute atomic E-state index is 12.4. The second kappa shape index (κ2) is 13.3. The van der Waals surface area contributed by atoms with Crippen LogP contribution in [0.4, 0.5) is 5.69 Å². The highest BCUT2D eigenvalue weighted by molar-refractivity contribution is 6.36. The number of rotatable bonds is 7. The number of hydrogen-bond acceptors (Lipinski definition) is 3. The molecule has 0 heterocycles. The molecule has 1 aromatic carbocycles. The minimum Gasteiger partial charge on any atom is -0.392 e. The average molecular weight is 483 g/mol. The molecule has 1 aliphatic rings. The molecule has 0 aromatic heterocycles. The first-order valence-corrected chi connectivity index (χ1v) is 11.2. The third kappa shape index (κ3) is 8.32. The summed E-state index contributed by atoms with van der Waals surface area (Å²) in [6.45, 7) is 3.94. The van der Waals surface area contributed by atoms with Gasteiger partial charge in [0.15, 0.2) is 0 Å². The van der Waals surface area contributed by atoms with E-state index in [4.69, 9.17) is 28.9 Å². The first kappa shape index (κ1) is 26.0. The zero-order chi connectivity index (χ0) is 24.2. The van der Waals surface area contributed by atoms with E-state index in [2.05, 4.69) is 21.4 Å². The zero-order valence-corrected chi connectivity index (χ0v) is 20.5. The molecule has 1 aromatic rings. The Morgan fingerprint density at radius 3 is 2.79 bits per heavy atom. The SMILES string of the molecule is C/C=C(C(=NC)Nc1ccccc1C)\C(Cl)=C\C/C=C/NC(=O)/C1=C/C=C=C(N)/C=C(/Cl)C1. The number of aryl methyl sites for hydroxylation is 1. The van der Waals surface area contributed by atoms with Gasteiger partial charge in [0.05, 0.1) is 5.70 Å². The van der Waals surface area contributed by atoms with E-state index in [1.54, 1.807) is 37.6 Å². The van der Waals surface area contributed by atoms with Crippen LogP contribution >= 0.6 is 23.2 Å². The van der Waals surface area contributed by atoms with Gasteiger partial charge in [0.25, 0.3) is 5.91 Å². The van der Waals surface area contributed by atoms with Crippen LogP contribution in [-0.2, 0) is 4.79 Å². The second-order valence-electron chi connectivity index (χ2n) is 7.10. The molecular weight excluding hydrogens is 455 g/mol. The highest BCUT2D eigenvalue weighted by Gasteiger charge is 2.11. The fourth-order valence-corrected chi connectivity index (χ4v) is 3.49. The first-order chi connectivity index (χ1) is 15.8. The van der Waals surface area contributed by atoms with Gasteiger partial charge in [-0.25, -0.2) is 0 Å². The van der Waals surface area contributed by atoms with E-state index >= 15 is 0 Å². The van der Waals surface area contributed by atoms with Gasteiger partial charge in [-0.2, -0.15) is 0 Å². The molecule has 0 unspecified atom stereocenters. The van der Waals surface area contributed by atoms with Crippen molar-refractivity contribution in [1.82, 2.24) is 5.32 Å². The Morgan fingerprint density at radius 2 is 2.09 bits per heavy atom. The fraction of sp³-hybridized carbons (Fsp3) is 0.192. The summed E-state index contributed by atoms with van der Waals surface area (Å²) in [5, 5.41) is 7.11. The monoisotopic (exact) mass is 482 g/mol. The number of hydrogen-bond donors (Lipinski definition) is 3. The van der Waals surface area contributed by atoms with Crippen molar-refractivity contribution >= 4 is 40.6 Å². The van der Waals surface area contributed by atoms with E-state index in [0.717, 1.165) is 16.8 Å². The Morgan fingerprint density at radius 1 is 1.33 bits per heavy atom. The van der Waals surface area contributed by atoms with E-state index in [1.807, 2.05) is 50.3 Å². The smallest absolute Gasteiger partial charge is 0.251 e. The molecule has 7 heteroatoms. The topological polar surface area (TPSA) is 79.5 Å². The fourth-order valence-electron chi connectivity index (χ4n) is 2.95. The molecule has 0 spiro atoms. The van der Waals surface area contributed by atoms with Gasteiger partial charge in [-0.15, -0.1) is 0 Å². The summed E-state index contributed by atoms with van der Waals surface area (Å²) in [5.41, 5.74) is 12.3. The number of amides is 1. The Labute approximate surface area is 205 Å². The molecule has 0 radical (unpaired) electrons. The number of carbonyl (C=O) groups excluding carboxylic acids is 1. The predicted octanol–water partition coefficient (Wildman–Crippen LogP) is 5.97. The number of amidine groups is 1. The number of para-hydroxylation sites is 1. The Balaban J connectivity index is 1.98. The zero-order valence-electron chi connectivity index (χ0n) is 19.0. The van der Waals surface area contributed by atoms with Gasteiger partial charge in [-0.3, -0.25) is 9.79 Å². The van der Waals surface area contributed by atoms with Gasteiger partial charge in [-0.1, -0.05) is 65.4 Å². The van der Waals surface area contributed by atoms with Gasteiger partial charge in [0, 0.05) is 46.6 Å². The molecule has 0 aliphatic heterocycles. The van der Waals surface area contributed by atoms with Crippen LogP contribution in [0.1, 0.15) is 25.3 Å². The van der Waals surface area contributed by atoms with Crippen molar-refractivity contribution in [2.45, 2.75) is 26.7 Å².